The maximum atomic E-state index is 12.3. The molecule has 1 aliphatic rings. The topological polar surface area (TPSA) is 73.6 Å². The molecule has 5 heteroatoms. The molecule has 19 heavy (non-hydrogen) atoms. The Kier molecular flexibility index (Phi) is 4.50. The van der Waals surface area contributed by atoms with Crippen LogP contribution in [0.25, 0.3) is 0 Å². The molecule has 1 aromatic carbocycles. The number of aliphatic hydroxyl groups excluding tert-OH is 1. The van der Waals surface area contributed by atoms with E-state index in [1.165, 1.54) is 0 Å². The molecule has 0 aromatic heterocycles. The van der Waals surface area contributed by atoms with Crippen LogP contribution in [0.4, 0.5) is 5.69 Å². The van der Waals surface area contributed by atoms with Crippen LogP contribution in [0, 0.1) is 11.3 Å². The highest BCUT2D eigenvalue weighted by Crippen LogP contribution is 2.24. The van der Waals surface area contributed by atoms with Gasteiger partial charge in [0, 0.05) is 13.2 Å². The van der Waals surface area contributed by atoms with E-state index < -0.39 is 6.10 Å². The molecule has 0 bridgehead atoms. The van der Waals surface area contributed by atoms with Crippen molar-refractivity contribution >= 4 is 11.6 Å². The molecular formula is C14H16N2O3. The largest absolute Gasteiger partial charge is 0.396 e. The SMILES string of the molecule is N#Cc1ccccc1N1CCOC(CCCO)C1=O. The fourth-order valence-corrected chi connectivity index (χ4v) is 2.17. The number of morpholine rings is 1. The summed E-state index contributed by atoms with van der Waals surface area (Å²) in [6, 6.07) is 9.14. The van der Waals surface area contributed by atoms with Crippen molar-refractivity contribution in [3.8, 4) is 6.07 Å². The summed E-state index contributed by atoms with van der Waals surface area (Å²) in [6.45, 7) is 0.941. The third-order valence-corrected chi connectivity index (χ3v) is 3.12. The summed E-state index contributed by atoms with van der Waals surface area (Å²) in [5, 5.41) is 17.9. The normalized spacial score (nSPS) is 19.3. The zero-order valence-corrected chi connectivity index (χ0v) is 10.6. The zero-order valence-electron chi connectivity index (χ0n) is 10.6. The van der Waals surface area contributed by atoms with Gasteiger partial charge in [-0.15, -0.1) is 0 Å². The predicted octanol–water partition coefficient (Wildman–Crippen LogP) is 1.06. The molecule has 1 N–H and O–H groups in total. The van der Waals surface area contributed by atoms with Gasteiger partial charge in [-0.3, -0.25) is 4.79 Å². The number of carbonyl (C=O) groups excluding carboxylic acids is 1. The van der Waals surface area contributed by atoms with E-state index in [-0.39, 0.29) is 12.5 Å². The van der Waals surface area contributed by atoms with Crippen LogP contribution in [0.3, 0.4) is 0 Å². The number of rotatable bonds is 4. The van der Waals surface area contributed by atoms with Gasteiger partial charge in [0.2, 0.25) is 0 Å². The van der Waals surface area contributed by atoms with Crippen molar-refractivity contribution in [2.45, 2.75) is 18.9 Å². The number of hydrogen-bond acceptors (Lipinski definition) is 4. The molecule has 1 atom stereocenters. The van der Waals surface area contributed by atoms with Crippen LogP contribution in [0.5, 0.6) is 0 Å². The van der Waals surface area contributed by atoms with Crippen LogP contribution in [-0.4, -0.2) is 36.9 Å². The highest BCUT2D eigenvalue weighted by atomic mass is 16.5. The summed E-state index contributed by atoms with van der Waals surface area (Å²) in [5.41, 5.74) is 1.12. The van der Waals surface area contributed by atoms with Crippen molar-refractivity contribution in [3.63, 3.8) is 0 Å². The van der Waals surface area contributed by atoms with E-state index in [1.807, 2.05) is 6.07 Å². The number of benzene rings is 1. The molecule has 1 heterocycles. The van der Waals surface area contributed by atoms with Crippen molar-refractivity contribution in [3.05, 3.63) is 29.8 Å². The standard InChI is InChI=1S/C14H16N2O3/c15-10-11-4-1-2-5-12(11)16-7-9-19-13(14(16)18)6-3-8-17/h1-2,4-5,13,17H,3,6-9H2. The number of nitriles is 1. The third kappa shape index (κ3) is 2.92. The van der Waals surface area contributed by atoms with Gasteiger partial charge >= 0.3 is 0 Å². The minimum absolute atomic E-state index is 0.0436. The molecule has 0 spiro atoms. The van der Waals surface area contributed by atoms with Gasteiger partial charge in [0.1, 0.15) is 12.2 Å². The van der Waals surface area contributed by atoms with E-state index in [2.05, 4.69) is 6.07 Å². The first-order valence-electron chi connectivity index (χ1n) is 6.31. The maximum absolute atomic E-state index is 12.3. The average molecular weight is 260 g/mol. The Hall–Kier alpha value is -1.90. The lowest BCUT2D eigenvalue weighted by Crippen LogP contribution is -2.48. The number of carbonyl (C=O) groups is 1. The lowest BCUT2D eigenvalue weighted by molar-refractivity contribution is -0.134. The monoisotopic (exact) mass is 260 g/mol. The molecule has 1 aromatic rings. The Labute approximate surface area is 112 Å². The van der Waals surface area contributed by atoms with Crippen LogP contribution in [-0.2, 0) is 9.53 Å². The second kappa shape index (κ2) is 6.32. The number of hydrogen-bond donors (Lipinski definition) is 1. The van der Waals surface area contributed by atoms with E-state index >= 15 is 0 Å². The van der Waals surface area contributed by atoms with Gasteiger partial charge in [-0.1, -0.05) is 12.1 Å². The van der Waals surface area contributed by atoms with E-state index in [4.69, 9.17) is 15.1 Å². The lowest BCUT2D eigenvalue weighted by Gasteiger charge is -2.32. The maximum Gasteiger partial charge on any atom is 0.256 e. The number of amides is 1. The molecule has 100 valence electrons. The molecule has 0 saturated carbocycles. The van der Waals surface area contributed by atoms with Crippen molar-refractivity contribution in [1.82, 2.24) is 0 Å². The zero-order chi connectivity index (χ0) is 13.7. The van der Waals surface area contributed by atoms with Crippen molar-refractivity contribution in [1.29, 1.82) is 5.26 Å². The van der Waals surface area contributed by atoms with E-state index in [1.54, 1.807) is 23.1 Å². The summed E-state index contributed by atoms with van der Waals surface area (Å²) in [7, 11) is 0. The smallest absolute Gasteiger partial charge is 0.256 e. The second-order valence-electron chi connectivity index (χ2n) is 4.34. The van der Waals surface area contributed by atoms with Crippen molar-refractivity contribution < 1.29 is 14.6 Å². The highest BCUT2D eigenvalue weighted by molar-refractivity contribution is 5.98. The first kappa shape index (κ1) is 13.5. The highest BCUT2D eigenvalue weighted by Gasteiger charge is 2.31. The van der Waals surface area contributed by atoms with Gasteiger partial charge in [0.15, 0.2) is 0 Å². The molecule has 5 nitrogen and oxygen atoms in total. The molecule has 1 saturated heterocycles. The van der Waals surface area contributed by atoms with E-state index in [9.17, 15) is 4.79 Å². The Morgan fingerprint density at radius 3 is 3.00 bits per heavy atom. The quantitative estimate of drug-likeness (QED) is 0.878. The fraction of sp³-hybridized carbons (Fsp3) is 0.429. The molecule has 1 aliphatic heterocycles. The summed E-state index contributed by atoms with van der Waals surface area (Å²) >= 11 is 0. The van der Waals surface area contributed by atoms with Crippen LogP contribution >= 0.6 is 0 Å². The number of ether oxygens (including phenoxy) is 1. The first-order chi connectivity index (χ1) is 9.27. The van der Waals surface area contributed by atoms with Crippen LogP contribution < -0.4 is 4.90 Å². The summed E-state index contributed by atoms with van der Waals surface area (Å²) < 4.78 is 5.43. The Morgan fingerprint density at radius 1 is 1.47 bits per heavy atom. The van der Waals surface area contributed by atoms with Gasteiger partial charge < -0.3 is 14.7 Å². The Morgan fingerprint density at radius 2 is 2.26 bits per heavy atom. The van der Waals surface area contributed by atoms with Gasteiger partial charge in [0.25, 0.3) is 5.91 Å². The van der Waals surface area contributed by atoms with E-state index in [0.29, 0.717) is 37.2 Å². The summed E-state index contributed by atoms with van der Waals surface area (Å²) in [5.74, 6) is -0.137. The predicted molar refractivity (Wildman–Crippen MR) is 69.6 cm³/mol. The fourth-order valence-electron chi connectivity index (χ4n) is 2.17. The Bertz CT molecular complexity index is 496. The van der Waals surface area contributed by atoms with E-state index in [0.717, 1.165) is 0 Å². The molecule has 1 amide bonds. The van der Waals surface area contributed by atoms with Crippen molar-refractivity contribution in [2.75, 3.05) is 24.7 Å². The van der Waals surface area contributed by atoms with Gasteiger partial charge in [-0.05, 0) is 25.0 Å². The first-order valence-corrected chi connectivity index (χ1v) is 6.31. The molecule has 1 fully saturated rings. The van der Waals surface area contributed by atoms with Crippen LogP contribution in [0.1, 0.15) is 18.4 Å². The second-order valence-corrected chi connectivity index (χ2v) is 4.34. The van der Waals surface area contributed by atoms with Crippen molar-refractivity contribution in [2.24, 2.45) is 0 Å². The molecule has 0 radical (unpaired) electrons. The van der Waals surface area contributed by atoms with Gasteiger partial charge in [0.05, 0.1) is 17.9 Å². The number of aliphatic hydroxyl groups is 1. The minimum atomic E-state index is -0.521. The third-order valence-electron chi connectivity index (χ3n) is 3.12. The summed E-state index contributed by atoms with van der Waals surface area (Å²) in [6.07, 6.45) is 0.512. The van der Waals surface area contributed by atoms with Crippen LogP contribution in [0.15, 0.2) is 24.3 Å². The van der Waals surface area contributed by atoms with Gasteiger partial charge in [-0.25, -0.2) is 0 Å². The number of nitrogens with zero attached hydrogens (tertiary/aromatic N) is 2. The summed E-state index contributed by atoms with van der Waals surface area (Å²) in [4.78, 5) is 13.9. The lowest BCUT2D eigenvalue weighted by atomic mass is 10.1. The van der Waals surface area contributed by atoms with Gasteiger partial charge in [-0.2, -0.15) is 5.26 Å². The number of anilines is 1. The minimum Gasteiger partial charge on any atom is -0.396 e. The van der Waals surface area contributed by atoms with Crippen LogP contribution in [0.2, 0.25) is 0 Å². The Balaban J connectivity index is 2.20. The molecule has 0 aliphatic carbocycles. The molecule has 1 unspecified atom stereocenters. The molecular weight excluding hydrogens is 244 g/mol. The average Bonchev–Trinajstić information content (AvgIpc) is 2.46. The molecule has 2 rings (SSSR count). The number of para-hydroxylation sites is 1.